The molecule has 1 heterocycles. The van der Waals surface area contributed by atoms with Gasteiger partial charge in [0, 0.05) is 5.39 Å². The molecule has 2 rings (SSSR count). The SMILES string of the molecule is CC=CC(=O)Nc1n[nH]c2ccccc12. The number of benzene rings is 1. The Morgan fingerprint density at radius 1 is 1.47 bits per heavy atom. The molecule has 0 spiro atoms. The van der Waals surface area contributed by atoms with Gasteiger partial charge < -0.3 is 5.32 Å². The van der Waals surface area contributed by atoms with Gasteiger partial charge in [-0.1, -0.05) is 18.2 Å². The van der Waals surface area contributed by atoms with Crippen LogP contribution in [0, 0.1) is 0 Å². The van der Waals surface area contributed by atoms with Crippen LogP contribution in [0.3, 0.4) is 0 Å². The van der Waals surface area contributed by atoms with Gasteiger partial charge >= 0.3 is 0 Å². The Hall–Kier alpha value is -2.10. The van der Waals surface area contributed by atoms with E-state index < -0.39 is 0 Å². The Bertz CT molecular complexity index is 513. The number of aromatic amines is 1. The van der Waals surface area contributed by atoms with Crippen molar-refractivity contribution in [2.45, 2.75) is 6.92 Å². The molecule has 0 aliphatic rings. The second-order valence-electron chi connectivity index (χ2n) is 3.11. The third kappa shape index (κ3) is 1.88. The van der Waals surface area contributed by atoms with Gasteiger partial charge in [-0.05, 0) is 25.1 Å². The molecule has 0 unspecified atom stereocenters. The average molecular weight is 201 g/mol. The smallest absolute Gasteiger partial charge is 0.249 e. The van der Waals surface area contributed by atoms with Crippen LogP contribution >= 0.6 is 0 Å². The van der Waals surface area contributed by atoms with Gasteiger partial charge in [0.15, 0.2) is 5.82 Å². The summed E-state index contributed by atoms with van der Waals surface area (Å²) in [5, 5.41) is 10.5. The molecule has 4 nitrogen and oxygen atoms in total. The summed E-state index contributed by atoms with van der Waals surface area (Å²) in [5.41, 5.74) is 0.910. The van der Waals surface area contributed by atoms with Crippen LogP contribution in [0.2, 0.25) is 0 Å². The summed E-state index contributed by atoms with van der Waals surface area (Å²) >= 11 is 0. The Kier molecular flexibility index (Phi) is 2.49. The fourth-order valence-corrected chi connectivity index (χ4v) is 1.37. The van der Waals surface area contributed by atoms with E-state index in [0.29, 0.717) is 5.82 Å². The highest BCUT2D eigenvalue weighted by molar-refractivity contribution is 6.04. The summed E-state index contributed by atoms with van der Waals surface area (Å²) < 4.78 is 0. The van der Waals surface area contributed by atoms with E-state index in [1.807, 2.05) is 24.3 Å². The van der Waals surface area contributed by atoms with Crippen LogP contribution in [0.4, 0.5) is 5.82 Å². The third-order valence-electron chi connectivity index (χ3n) is 2.03. The number of hydrogen-bond acceptors (Lipinski definition) is 2. The van der Waals surface area contributed by atoms with Crippen LogP contribution in [0.25, 0.3) is 10.9 Å². The third-order valence-corrected chi connectivity index (χ3v) is 2.03. The second-order valence-corrected chi connectivity index (χ2v) is 3.11. The lowest BCUT2D eigenvalue weighted by molar-refractivity contribution is -0.111. The largest absolute Gasteiger partial charge is 0.305 e. The number of hydrogen-bond donors (Lipinski definition) is 2. The molecule has 0 saturated carbocycles. The zero-order chi connectivity index (χ0) is 10.7. The van der Waals surface area contributed by atoms with Crippen LogP contribution in [0.15, 0.2) is 36.4 Å². The van der Waals surface area contributed by atoms with Crippen molar-refractivity contribution in [3.8, 4) is 0 Å². The first-order valence-corrected chi connectivity index (χ1v) is 4.68. The maximum atomic E-state index is 11.3. The number of rotatable bonds is 2. The van der Waals surface area contributed by atoms with E-state index in [9.17, 15) is 4.79 Å². The fourth-order valence-electron chi connectivity index (χ4n) is 1.37. The van der Waals surface area contributed by atoms with Gasteiger partial charge in [0.2, 0.25) is 5.91 Å². The van der Waals surface area contributed by atoms with Crippen LogP contribution in [-0.4, -0.2) is 16.1 Å². The summed E-state index contributed by atoms with van der Waals surface area (Å²) in [6, 6.07) is 7.64. The second kappa shape index (κ2) is 3.96. The first-order valence-electron chi connectivity index (χ1n) is 4.68. The highest BCUT2D eigenvalue weighted by atomic mass is 16.1. The monoisotopic (exact) mass is 201 g/mol. The lowest BCUT2D eigenvalue weighted by atomic mass is 10.2. The lowest BCUT2D eigenvalue weighted by Crippen LogP contribution is -2.08. The van der Waals surface area contributed by atoms with Crippen molar-refractivity contribution in [1.82, 2.24) is 10.2 Å². The molecule has 0 bridgehead atoms. The molecule has 0 saturated heterocycles. The number of allylic oxidation sites excluding steroid dienone is 1. The molecule has 0 radical (unpaired) electrons. The number of anilines is 1. The van der Waals surface area contributed by atoms with Gasteiger partial charge in [-0.15, -0.1) is 0 Å². The van der Waals surface area contributed by atoms with Crippen molar-refractivity contribution in [2.24, 2.45) is 0 Å². The predicted molar refractivity (Wildman–Crippen MR) is 59.5 cm³/mol. The average Bonchev–Trinajstić information content (AvgIpc) is 2.62. The molecule has 0 fully saturated rings. The van der Waals surface area contributed by atoms with Gasteiger partial charge in [-0.2, -0.15) is 5.10 Å². The number of nitrogens with zero attached hydrogens (tertiary/aromatic N) is 1. The Labute approximate surface area is 87.0 Å². The van der Waals surface area contributed by atoms with Crippen molar-refractivity contribution < 1.29 is 4.79 Å². The maximum absolute atomic E-state index is 11.3. The van der Waals surface area contributed by atoms with Crippen molar-refractivity contribution >= 4 is 22.6 Å². The highest BCUT2D eigenvalue weighted by Gasteiger charge is 2.05. The Balaban J connectivity index is 2.32. The first kappa shape index (κ1) is 9.45. The van der Waals surface area contributed by atoms with Crippen LogP contribution in [0.5, 0.6) is 0 Å². The summed E-state index contributed by atoms with van der Waals surface area (Å²) in [5.74, 6) is 0.392. The van der Waals surface area contributed by atoms with Crippen molar-refractivity contribution in [3.63, 3.8) is 0 Å². The molecule has 4 heteroatoms. The number of aromatic nitrogens is 2. The minimum atomic E-state index is -0.172. The molecular weight excluding hydrogens is 190 g/mol. The zero-order valence-corrected chi connectivity index (χ0v) is 8.32. The molecule has 0 aliphatic carbocycles. The van der Waals surface area contributed by atoms with E-state index in [1.54, 1.807) is 13.0 Å². The van der Waals surface area contributed by atoms with Crippen molar-refractivity contribution in [1.29, 1.82) is 0 Å². The van der Waals surface area contributed by atoms with Crippen LogP contribution in [0.1, 0.15) is 6.92 Å². The number of para-hydroxylation sites is 1. The summed E-state index contributed by atoms with van der Waals surface area (Å²) in [4.78, 5) is 11.3. The minimum absolute atomic E-state index is 0.172. The summed E-state index contributed by atoms with van der Waals surface area (Å²) in [7, 11) is 0. The highest BCUT2D eigenvalue weighted by Crippen LogP contribution is 2.19. The van der Waals surface area contributed by atoms with Gasteiger partial charge in [-0.25, -0.2) is 0 Å². The number of carbonyl (C=O) groups excluding carboxylic acids is 1. The van der Waals surface area contributed by atoms with Crippen molar-refractivity contribution in [3.05, 3.63) is 36.4 Å². The topological polar surface area (TPSA) is 57.8 Å². The standard InChI is InChI=1S/C11H11N3O/c1-2-5-10(15)12-11-8-6-3-4-7-9(8)13-14-11/h2-7H,1H3,(H2,12,13,14,15). The number of amides is 1. The number of fused-ring (bicyclic) bond motifs is 1. The molecule has 2 aromatic rings. The van der Waals surface area contributed by atoms with Gasteiger partial charge in [0.05, 0.1) is 5.52 Å². The molecule has 15 heavy (non-hydrogen) atoms. The molecule has 0 atom stereocenters. The van der Waals surface area contributed by atoms with Crippen LogP contribution in [-0.2, 0) is 4.79 Å². The van der Waals surface area contributed by atoms with Gasteiger partial charge in [0.1, 0.15) is 0 Å². The first-order chi connectivity index (χ1) is 7.31. The number of nitrogens with one attached hydrogen (secondary N) is 2. The number of carbonyl (C=O) groups is 1. The minimum Gasteiger partial charge on any atom is -0.305 e. The molecule has 1 amide bonds. The molecule has 1 aromatic heterocycles. The summed E-state index contributed by atoms with van der Waals surface area (Å²) in [6.45, 7) is 1.79. The van der Waals surface area contributed by atoms with Crippen molar-refractivity contribution in [2.75, 3.05) is 5.32 Å². The van der Waals surface area contributed by atoms with E-state index >= 15 is 0 Å². The molecule has 2 N–H and O–H groups in total. The summed E-state index contributed by atoms with van der Waals surface area (Å²) in [6.07, 6.45) is 3.15. The fraction of sp³-hybridized carbons (Fsp3) is 0.0909. The Morgan fingerprint density at radius 2 is 2.27 bits per heavy atom. The quantitative estimate of drug-likeness (QED) is 0.731. The predicted octanol–water partition coefficient (Wildman–Crippen LogP) is 2.08. The Morgan fingerprint density at radius 3 is 3.07 bits per heavy atom. The zero-order valence-electron chi connectivity index (χ0n) is 8.32. The van der Waals surface area contributed by atoms with E-state index in [-0.39, 0.29) is 5.91 Å². The maximum Gasteiger partial charge on any atom is 0.249 e. The lowest BCUT2D eigenvalue weighted by Gasteiger charge is -1.96. The van der Waals surface area contributed by atoms with E-state index in [1.165, 1.54) is 6.08 Å². The molecule has 1 aromatic carbocycles. The molecule has 0 aliphatic heterocycles. The number of H-pyrrole nitrogens is 1. The molecular formula is C11H11N3O. The van der Waals surface area contributed by atoms with E-state index in [2.05, 4.69) is 15.5 Å². The van der Waals surface area contributed by atoms with Gasteiger partial charge in [0.25, 0.3) is 0 Å². The normalized spacial score (nSPS) is 11.0. The molecule has 76 valence electrons. The van der Waals surface area contributed by atoms with E-state index in [4.69, 9.17) is 0 Å². The van der Waals surface area contributed by atoms with Gasteiger partial charge in [-0.3, -0.25) is 9.89 Å². The van der Waals surface area contributed by atoms with Crippen LogP contribution < -0.4 is 5.32 Å². The van der Waals surface area contributed by atoms with E-state index in [0.717, 1.165) is 10.9 Å².